The molecule has 3 rings (SSSR count). The predicted octanol–water partition coefficient (Wildman–Crippen LogP) is 2.73. The quantitative estimate of drug-likeness (QED) is 0.828. The van der Waals surface area contributed by atoms with Gasteiger partial charge in [-0.25, -0.2) is 4.79 Å². The van der Waals surface area contributed by atoms with Gasteiger partial charge in [-0.1, -0.05) is 36.4 Å². The maximum absolute atomic E-state index is 12.6. The minimum Gasteiger partial charge on any atom is -0.450 e. The molecule has 0 unspecified atom stereocenters. The molecule has 1 saturated heterocycles. The Hall–Kier alpha value is -2.38. The molecular weight excluding hydrogens is 362 g/mol. The second kappa shape index (κ2) is 9.53. The predicted molar refractivity (Wildman–Crippen MR) is 106 cm³/mol. The van der Waals surface area contributed by atoms with Crippen LogP contribution in [0.4, 0.5) is 4.79 Å². The van der Waals surface area contributed by atoms with Gasteiger partial charge in [-0.2, -0.15) is 0 Å². The van der Waals surface area contributed by atoms with E-state index in [0.29, 0.717) is 32.8 Å². The van der Waals surface area contributed by atoms with E-state index in [1.54, 1.807) is 28.1 Å². The molecule has 0 radical (unpaired) electrons. The Morgan fingerprint density at radius 2 is 1.78 bits per heavy atom. The molecule has 7 heteroatoms. The largest absolute Gasteiger partial charge is 0.450 e. The zero-order valence-corrected chi connectivity index (χ0v) is 16.3. The van der Waals surface area contributed by atoms with Crippen molar-refractivity contribution < 1.29 is 14.3 Å². The number of benzene rings is 1. The van der Waals surface area contributed by atoms with E-state index < -0.39 is 0 Å². The highest BCUT2D eigenvalue weighted by Gasteiger charge is 2.25. The Balaban J connectivity index is 1.55. The van der Waals surface area contributed by atoms with Crippen molar-refractivity contribution in [2.24, 2.45) is 0 Å². The third-order valence-electron chi connectivity index (χ3n) is 4.58. The number of hydrogen-bond acceptors (Lipinski definition) is 5. The van der Waals surface area contributed by atoms with Crippen molar-refractivity contribution >= 4 is 23.3 Å². The van der Waals surface area contributed by atoms with Gasteiger partial charge < -0.3 is 14.5 Å². The average Bonchev–Trinajstić information content (AvgIpc) is 3.23. The molecule has 2 aromatic rings. The molecule has 0 saturated carbocycles. The van der Waals surface area contributed by atoms with E-state index in [9.17, 15) is 9.59 Å². The van der Waals surface area contributed by atoms with Crippen molar-refractivity contribution in [2.45, 2.75) is 13.0 Å². The number of nitrogens with one attached hydrogen (secondary N) is 1. The summed E-state index contributed by atoms with van der Waals surface area (Å²) in [6.07, 6.45) is -0.301. The van der Waals surface area contributed by atoms with E-state index >= 15 is 0 Å². The highest BCUT2D eigenvalue weighted by molar-refractivity contribution is 7.10. The topological polar surface area (TPSA) is 61.9 Å². The summed E-state index contributed by atoms with van der Waals surface area (Å²) in [5.41, 5.74) is 1.14. The fraction of sp³-hybridized carbons (Fsp3) is 0.400. The summed E-state index contributed by atoms with van der Waals surface area (Å²) in [6, 6.07) is 14.2. The molecule has 1 fully saturated rings. The van der Waals surface area contributed by atoms with Crippen molar-refractivity contribution in [3.05, 3.63) is 58.3 Å². The molecule has 2 heterocycles. The van der Waals surface area contributed by atoms with Gasteiger partial charge >= 0.3 is 6.09 Å². The third kappa shape index (κ3) is 5.08. The number of piperazine rings is 1. The van der Waals surface area contributed by atoms with Crippen LogP contribution < -0.4 is 5.32 Å². The maximum atomic E-state index is 12.6. The van der Waals surface area contributed by atoms with Crippen LogP contribution in [0.3, 0.4) is 0 Å². The molecule has 2 amide bonds. The number of hydrogen-bond donors (Lipinski definition) is 1. The summed E-state index contributed by atoms with van der Waals surface area (Å²) in [5.74, 6) is 0.0518. The summed E-state index contributed by atoms with van der Waals surface area (Å²) in [4.78, 5) is 29.0. The number of thiophene rings is 1. The van der Waals surface area contributed by atoms with Crippen molar-refractivity contribution in [3.63, 3.8) is 0 Å². The first kappa shape index (κ1) is 19.4. The van der Waals surface area contributed by atoms with E-state index in [1.807, 2.05) is 29.6 Å². The van der Waals surface area contributed by atoms with E-state index in [-0.39, 0.29) is 24.6 Å². The molecular formula is C20H25N3O3S. The fourth-order valence-electron chi connectivity index (χ4n) is 3.14. The van der Waals surface area contributed by atoms with Gasteiger partial charge in [-0.05, 0) is 23.9 Å². The van der Waals surface area contributed by atoms with Crippen LogP contribution in [0.2, 0.25) is 0 Å². The van der Waals surface area contributed by atoms with Crippen molar-refractivity contribution in [1.29, 1.82) is 0 Å². The van der Waals surface area contributed by atoms with Crippen LogP contribution in [0.1, 0.15) is 23.4 Å². The van der Waals surface area contributed by atoms with Crippen LogP contribution in [0.25, 0.3) is 0 Å². The van der Waals surface area contributed by atoms with Gasteiger partial charge in [0, 0.05) is 31.1 Å². The number of nitrogens with zero attached hydrogens (tertiary/aromatic N) is 2. The highest BCUT2D eigenvalue weighted by Crippen LogP contribution is 2.25. The number of amides is 2. The molecule has 1 atom stereocenters. The second-order valence-corrected chi connectivity index (χ2v) is 7.29. The molecule has 1 N–H and O–H groups in total. The average molecular weight is 388 g/mol. The summed E-state index contributed by atoms with van der Waals surface area (Å²) in [5, 5.41) is 5.45. The Kier molecular flexibility index (Phi) is 6.84. The SMILES string of the molecule is CCOC(=O)N1CCN(C(=O)CN[C@@H](c2ccccc2)c2cccs2)CC1. The van der Waals surface area contributed by atoms with Gasteiger partial charge in [0.2, 0.25) is 5.91 Å². The molecule has 0 aliphatic carbocycles. The number of carbonyl (C=O) groups is 2. The lowest BCUT2D eigenvalue weighted by Gasteiger charge is -2.34. The lowest BCUT2D eigenvalue weighted by Crippen LogP contribution is -2.52. The van der Waals surface area contributed by atoms with E-state index in [2.05, 4.69) is 23.5 Å². The summed E-state index contributed by atoms with van der Waals surface area (Å²) < 4.78 is 5.02. The zero-order valence-electron chi connectivity index (χ0n) is 15.5. The molecule has 144 valence electrons. The first-order valence-corrected chi connectivity index (χ1v) is 10.1. The molecule has 1 aromatic carbocycles. The molecule has 1 aromatic heterocycles. The van der Waals surface area contributed by atoms with Crippen molar-refractivity contribution in [2.75, 3.05) is 39.3 Å². The summed E-state index contributed by atoms with van der Waals surface area (Å²) in [7, 11) is 0. The lowest BCUT2D eigenvalue weighted by atomic mass is 10.1. The van der Waals surface area contributed by atoms with E-state index in [4.69, 9.17) is 4.74 Å². The highest BCUT2D eigenvalue weighted by atomic mass is 32.1. The zero-order chi connectivity index (χ0) is 19.1. The third-order valence-corrected chi connectivity index (χ3v) is 5.51. The number of ether oxygens (including phenoxy) is 1. The Morgan fingerprint density at radius 3 is 2.41 bits per heavy atom. The smallest absolute Gasteiger partial charge is 0.409 e. The van der Waals surface area contributed by atoms with Gasteiger partial charge in [0.1, 0.15) is 0 Å². The van der Waals surface area contributed by atoms with Crippen LogP contribution >= 0.6 is 11.3 Å². The minimum atomic E-state index is -0.301. The number of rotatable bonds is 6. The minimum absolute atomic E-state index is 0.00373. The Bertz CT molecular complexity index is 728. The number of carbonyl (C=O) groups excluding carboxylic acids is 2. The second-order valence-electron chi connectivity index (χ2n) is 6.31. The maximum Gasteiger partial charge on any atom is 0.409 e. The molecule has 1 aliphatic rings. The van der Waals surface area contributed by atoms with Crippen molar-refractivity contribution in [3.8, 4) is 0 Å². The molecule has 6 nitrogen and oxygen atoms in total. The van der Waals surface area contributed by atoms with Gasteiger partial charge in [0.25, 0.3) is 0 Å². The van der Waals surface area contributed by atoms with Crippen LogP contribution in [0, 0.1) is 0 Å². The summed E-state index contributed by atoms with van der Waals surface area (Å²) in [6.45, 7) is 4.51. The van der Waals surface area contributed by atoms with Gasteiger partial charge in [0.15, 0.2) is 0 Å². The lowest BCUT2D eigenvalue weighted by molar-refractivity contribution is -0.131. The normalized spacial score (nSPS) is 15.4. The van der Waals surface area contributed by atoms with Crippen LogP contribution in [-0.2, 0) is 9.53 Å². The monoisotopic (exact) mass is 387 g/mol. The van der Waals surface area contributed by atoms with E-state index in [0.717, 1.165) is 5.56 Å². The van der Waals surface area contributed by atoms with E-state index in [1.165, 1.54) is 4.88 Å². The van der Waals surface area contributed by atoms with Gasteiger partial charge in [0.05, 0.1) is 19.2 Å². The Morgan fingerprint density at radius 1 is 1.07 bits per heavy atom. The first-order chi connectivity index (χ1) is 13.2. The summed E-state index contributed by atoms with van der Waals surface area (Å²) >= 11 is 1.68. The fourth-order valence-corrected chi connectivity index (χ4v) is 3.96. The van der Waals surface area contributed by atoms with Gasteiger partial charge in [-0.3, -0.25) is 10.1 Å². The van der Waals surface area contributed by atoms with Gasteiger partial charge in [-0.15, -0.1) is 11.3 Å². The molecule has 0 bridgehead atoms. The standard InChI is InChI=1S/C20H25N3O3S/c1-2-26-20(25)23-12-10-22(11-13-23)18(24)15-21-19(17-9-6-14-27-17)16-7-4-3-5-8-16/h3-9,14,19,21H,2,10-13,15H2,1H3/t19-/m0/s1. The molecule has 27 heavy (non-hydrogen) atoms. The first-order valence-electron chi connectivity index (χ1n) is 9.20. The molecule has 1 aliphatic heterocycles. The van der Waals surface area contributed by atoms with Crippen LogP contribution in [-0.4, -0.2) is 61.1 Å². The Labute approximate surface area is 163 Å². The molecule has 0 spiro atoms. The van der Waals surface area contributed by atoms with Crippen LogP contribution in [0.15, 0.2) is 47.8 Å². The van der Waals surface area contributed by atoms with Crippen LogP contribution in [0.5, 0.6) is 0 Å². The van der Waals surface area contributed by atoms with Crippen molar-refractivity contribution in [1.82, 2.24) is 15.1 Å².